The van der Waals surface area contributed by atoms with Crippen molar-refractivity contribution in [1.82, 2.24) is 6.15 Å². The molecule has 1 aliphatic carbocycles. The number of aliphatic hydroxyl groups is 2. The van der Waals surface area contributed by atoms with E-state index in [0.717, 1.165) is 49.6 Å². The molecule has 0 aromatic rings. The number of nitrogens with zero attached hydrogens (tertiary/aromatic N) is 1. The van der Waals surface area contributed by atoms with Gasteiger partial charge in [-0.1, -0.05) is 19.8 Å². The fraction of sp³-hybridized carbons (Fsp3) is 0.958. The molecule has 0 radical (unpaired) electrons. The molecule has 1 saturated carbocycles. The minimum atomic E-state index is -5.14. The molecule has 1 unspecified atom stereocenters. The summed E-state index contributed by atoms with van der Waals surface area (Å²) in [5.74, 6) is -1.01. The van der Waals surface area contributed by atoms with Crippen molar-refractivity contribution in [1.29, 1.82) is 0 Å². The molecule has 0 heterocycles. The summed E-state index contributed by atoms with van der Waals surface area (Å²) >= 11 is 5.58. The Labute approximate surface area is 249 Å². The van der Waals surface area contributed by atoms with E-state index in [9.17, 15) is 15.0 Å². The second-order valence-corrected chi connectivity index (χ2v) is 11.7. The first kappa shape index (κ1) is 45.3. The van der Waals surface area contributed by atoms with Crippen LogP contribution in [0.2, 0.25) is 0 Å². The molecule has 0 aromatic carbocycles. The summed E-state index contributed by atoms with van der Waals surface area (Å²) in [4.78, 5) is 35.4. The Hall–Kier alpha value is 0.358. The predicted octanol–water partition coefficient (Wildman–Crippen LogP) is 0.919. The van der Waals surface area contributed by atoms with Crippen molar-refractivity contribution in [2.45, 2.75) is 115 Å². The zero-order chi connectivity index (χ0) is 28.3. The number of quaternary nitrogens is 1. The van der Waals surface area contributed by atoms with Crippen LogP contribution in [0.15, 0.2) is 0 Å². The molecule has 38 heavy (non-hydrogen) atoms. The Balaban J connectivity index is -0.000000315. The van der Waals surface area contributed by atoms with Gasteiger partial charge in [0.25, 0.3) is 0 Å². The number of carboxylic acid groups (broad SMARTS) is 1. The first-order valence-corrected chi connectivity index (χ1v) is 15.1. The smallest absolute Gasteiger partial charge is 0.790 e. The van der Waals surface area contributed by atoms with Gasteiger partial charge in [0.1, 0.15) is 5.60 Å². The number of halogens is 1. The van der Waals surface area contributed by atoms with Crippen LogP contribution in [0.5, 0.6) is 0 Å². The summed E-state index contributed by atoms with van der Waals surface area (Å²) in [6.45, 7) is 4.51. The summed E-state index contributed by atoms with van der Waals surface area (Å²) in [5, 5.41) is 30.2. The van der Waals surface area contributed by atoms with E-state index >= 15 is 0 Å². The van der Waals surface area contributed by atoms with Crippen LogP contribution in [0, 0.1) is 0 Å². The third kappa shape index (κ3) is 30.9. The number of hydrogen-bond acceptors (Lipinski definition) is 9. The summed E-state index contributed by atoms with van der Waals surface area (Å²) in [6.07, 6.45) is 12.5. The van der Waals surface area contributed by atoms with E-state index in [1.165, 1.54) is 32.2 Å². The van der Waals surface area contributed by atoms with Crippen molar-refractivity contribution in [3.05, 3.63) is 0 Å². The second-order valence-electron chi connectivity index (χ2n) is 10.4. The van der Waals surface area contributed by atoms with Crippen molar-refractivity contribution < 1.29 is 64.9 Å². The van der Waals surface area contributed by atoms with Gasteiger partial charge in [0.15, 0.2) is 0 Å². The maximum Gasteiger partial charge on any atom is 2.00 e. The minimum absolute atomic E-state index is 0. The molecule has 1 aliphatic rings. The van der Waals surface area contributed by atoms with Crippen LogP contribution in [0.3, 0.4) is 0 Å². The van der Waals surface area contributed by atoms with E-state index in [1.807, 2.05) is 0 Å². The van der Waals surface area contributed by atoms with E-state index in [2.05, 4.69) is 21.0 Å². The Morgan fingerprint density at radius 3 is 1.79 bits per heavy atom. The standard InChI is InChI=1S/C18H36ClNO3.C6H13NO.H3N.H3O4P.Pt/c1-4-5-6-9-15-20(2,3)16-10-7-8-12-18(23,17(21)22)13-11-14-19;7-5-1-3-6(8)4-2-5;;1-5(2,3)4;/h23H,4-16H2,1-3H3;5-6,8H,1-4,7H2;1H3;(H3,1,2,3,4);/q;;;;+2/p-2. The van der Waals surface area contributed by atoms with Gasteiger partial charge in [0.05, 0.1) is 47.1 Å². The van der Waals surface area contributed by atoms with Gasteiger partial charge in [-0.2, -0.15) is 0 Å². The SMILES string of the molecule is CCCCCC[N+](C)(C)CCCCCC(O)(CCCCl)C(=O)[O-].N.NC1CCC(O)CC1.O=P([O-])([O-])O.[Pt+2]. The van der Waals surface area contributed by atoms with Crippen molar-refractivity contribution in [2.24, 2.45) is 5.73 Å². The molecule has 0 bridgehead atoms. The number of carbonyl (C=O) groups is 1. The molecule has 0 saturated heterocycles. The predicted molar refractivity (Wildman–Crippen MR) is 142 cm³/mol. The molecule has 0 amide bonds. The zero-order valence-corrected chi connectivity index (χ0v) is 27.4. The summed E-state index contributed by atoms with van der Waals surface area (Å²) in [5.41, 5.74) is 3.88. The fourth-order valence-electron chi connectivity index (χ4n) is 4.00. The van der Waals surface area contributed by atoms with Crippen LogP contribution < -0.4 is 26.8 Å². The molecule has 234 valence electrons. The van der Waals surface area contributed by atoms with Crippen molar-refractivity contribution in [2.75, 3.05) is 33.1 Å². The largest absolute Gasteiger partial charge is 2.00 e. The first-order chi connectivity index (χ1) is 16.6. The number of unbranched alkanes of at least 4 members (excludes halogenated alkanes) is 5. The normalized spacial score (nSPS) is 18.8. The van der Waals surface area contributed by atoms with Gasteiger partial charge in [-0.15, -0.1) is 11.6 Å². The monoisotopic (exact) mass is 772 g/mol. The van der Waals surface area contributed by atoms with Gasteiger partial charge in [-0.25, -0.2) is 0 Å². The number of phosphoric acid groups is 1. The quantitative estimate of drug-likeness (QED) is 0.0685. The molecular weight excluding hydrogens is 720 g/mol. The molecule has 11 nitrogen and oxygen atoms in total. The Morgan fingerprint density at radius 1 is 1.00 bits per heavy atom. The van der Waals surface area contributed by atoms with E-state index < -0.39 is 19.4 Å². The van der Waals surface area contributed by atoms with Crippen molar-refractivity contribution in [3.63, 3.8) is 0 Å². The fourth-order valence-corrected chi connectivity index (χ4v) is 4.14. The van der Waals surface area contributed by atoms with Gasteiger partial charge in [0.2, 0.25) is 0 Å². The number of aliphatic carboxylic acids is 1. The van der Waals surface area contributed by atoms with Crippen LogP contribution in [0.4, 0.5) is 0 Å². The van der Waals surface area contributed by atoms with Crippen molar-refractivity contribution >= 4 is 25.4 Å². The molecule has 1 atom stereocenters. The maximum atomic E-state index is 11.1. The van der Waals surface area contributed by atoms with Crippen molar-refractivity contribution in [3.8, 4) is 0 Å². The molecule has 0 aliphatic heterocycles. The molecule has 14 heteroatoms. The number of carboxylic acids is 1. The average molecular weight is 773 g/mol. The topological polar surface area (TPSA) is 225 Å². The van der Waals surface area contributed by atoms with E-state index in [1.54, 1.807) is 0 Å². The second kappa shape index (κ2) is 25.1. The summed E-state index contributed by atoms with van der Waals surface area (Å²) in [6, 6.07) is 0.360. The number of carbonyl (C=O) groups excluding carboxylic acids is 1. The van der Waals surface area contributed by atoms with Gasteiger partial charge >= 0.3 is 21.1 Å². The van der Waals surface area contributed by atoms with Gasteiger partial charge in [-0.05, 0) is 77.0 Å². The number of nitrogens with two attached hydrogens (primary N) is 1. The van der Waals surface area contributed by atoms with Crippen LogP contribution >= 0.6 is 19.4 Å². The zero-order valence-electron chi connectivity index (χ0n) is 23.4. The summed E-state index contributed by atoms with van der Waals surface area (Å²) in [7, 11) is -0.631. The number of alkyl halides is 1. The average Bonchev–Trinajstić information content (AvgIpc) is 2.76. The first-order valence-electron chi connectivity index (χ1n) is 13.1. The van der Waals surface area contributed by atoms with E-state index in [4.69, 9.17) is 41.7 Å². The van der Waals surface area contributed by atoms with Crippen LogP contribution in [0.1, 0.15) is 96.8 Å². The molecule has 8 N–H and O–H groups in total. The van der Waals surface area contributed by atoms with Gasteiger partial charge in [0, 0.05) is 11.9 Å². The summed E-state index contributed by atoms with van der Waals surface area (Å²) < 4.78 is 9.67. The molecule has 0 spiro atoms. The number of hydrogen-bond donors (Lipinski definition) is 5. The van der Waals surface area contributed by atoms with E-state index in [0.29, 0.717) is 24.8 Å². The Bertz CT molecular complexity index is 593. The van der Waals surface area contributed by atoms with Crippen LogP contribution in [0.25, 0.3) is 0 Å². The molecule has 0 aromatic heterocycles. The number of rotatable bonds is 15. The number of aliphatic hydroxyl groups excluding tert-OH is 1. The molecular formula is C24H53ClN3O8PPt. The molecule has 1 rings (SSSR count). The van der Waals surface area contributed by atoms with Gasteiger partial charge < -0.3 is 55.7 Å². The third-order valence-electron chi connectivity index (χ3n) is 6.32. The van der Waals surface area contributed by atoms with Gasteiger partial charge in [-0.3, -0.25) is 0 Å². The Kier molecular flexibility index (Phi) is 30.0. The minimum Gasteiger partial charge on any atom is -0.790 e. The van der Waals surface area contributed by atoms with E-state index in [-0.39, 0.29) is 46.2 Å². The van der Waals surface area contributed by atoms with Crippen LogP contribution in [-0.4, -0.2) is 76.4 Å². The maximum absolute atomic E-state index is 11.1. The Morgan fingerprint density at radius 2 is 1.42 bits per heavy atom. The third-order valence-corrected chi connectivity index (χ3v) is 6.58. The molecule has 1 fully saturated rings. The van der Waals surface area contributed by atoms with Crippen LogP contribution in [-0.2, 0) is 30.4 Å².